The number of nitrogens with zero attached hydrogens (tertiary/aromatic N) is 1. The van der Waals surface area contributed by atoms with E-state index < -0.39 is 17.9 Å². The molecule has 2 rings (SSSR count). The fourth-order valence-electron chi connectivity index (χ4n) is 1.95. The molecule has 2 aromatic rings. The van der Waals surface area contributed by atoms with Gasteiger partial charge in [-0.3, -0.25) is 4.79 Å². The fraction of sp³-hybridized carbons (Fsp3) is 0.357. The van der Waals surface area contributed by atoms with E-state index in [0.717, 1.165) is 16.3 Å². The Bertz CT molecular complexity index is 647. The molecule has 0 saturated carbocycles. The first kappa shape index (κ1) is 15.2. The van der Waals surface area contributed by atoms with Gasteiger partial charge in [0.1, 0.15) is 11.7 Å². The Kier molecular flexibility index (Phi) is 4.74. The van der Waals surface area contributed by atoms with Crippen LogP contribution in [-0.4, -0.2) is 33.0 Å². The zero-order chi connectivity index (χ0) is 15.4. The third-order valence-corrected chi connectivity index (χ3v) is 3.80. The number of aliphatic carboxylic acids is 1. The number of thiazole rings is 1. The number of H-pyrrole nitrogens is 1. The van der Waals surface area contributed by atoms with E-state index in [1.165, 1.54) is 11.3 Å². The zero-order valence-corrected chi connectivity index (χ0v) is 12.7. The largest absolute Gasteiger partial charge is 0.480 e. The minimum Gasteiger partial charge on any atom is -0.480 e. The normalized spacial score (nSPS) is 12.1. The highest BCUT2D eigenvalue weighted by Crippen LogP contribution is 2.22. The molecule has 0 aliphatic rings. The first-order valence-corrected chi connectivity index (χ1v) is 7.53. The second-order valence-corrected chi connectivity index (χ2v) is 5.77. The molecular weight excluding hydrogens is 290 g/mol. The van der Waals surface area contributed by atoms with Crippen LogP contribution in [0.4, 0.5) is 0 Å². The van der Waals surface area contributed by atoms with Crippen LogP contribution in [0.3, 0.4) is 0 Å². The Hall–Kier alpha value is -2.15. The predicted molar refractivity (Wildman–Crippen MR) is 80.4 cm³/mol. The number of aryl methyl sites for hydroxylation is 1. The summed E-state index contributed by atoms with van der Waals surface area (Å²) < 4.78 is 0. The highest BCUT2D eigenvalue weighted by atomic mass is 32.1. The number of aromatic amines is 1. The summed E-state index contributed by atoms with van der Waals surface area (Å²) in [6, 6.07) is 0.810. The number of carboxylic acids is 1. The second-order valence-electron chi connectivity index (χ2n) is 4.71. The molecule has 1 atom stereocenters. The third-order valence-electron chi connectivity index (χ3n) is 3.02. The Labute approximate surface area is 126 Å². The molecule has 0 aliphatic heterocycles. The van der Waals surface area contributed by atoms with E-state index >= 15 is 0 Å². The Morgan fingerprint density at radius 3 is 2.86 bits per heavy atom. The molecule has 0 fully saturated rings. The molecule has 0 saturated heterocycles. The monoisotopic (exact) mass is 307 g/mol. The van der Waals surface area contributed by atoms with E-state index in [1.807, 2.05) is 19.2 Å². The van der Waals surface area contributed by atoms with Gasteiger partial charge in [-0.05, 0) is 19.4 Å². The molecule has 0 aromatic carbocycles. The Balaban J connectivity index is 2.10. The number of rotatable bonds is 6. The molecule has 21 heavy (non-hydrogen) atoms. The van der Waals surface area contributed by atoms with Crippen LogP contribution in [-0.2, 0) is 4.79 Å². The number of carbonyl (C=O) groups is 2. The van der Waals surface area contributed by atoms with Gasteiger partial charge in [-0.15, -0.1) is 11.3 Å². The van der Waals surface area contributed by atoms with Crippen molar-refractivity contribution in [1.82, 2.24) is 15.3 Å². The van der Waals surface area contributed by atoms with Crippen molar-refractivity contribution in [3.63, 3.8) is 0 Å². The highest BCUT2D eigenvalue weighted by Gasteiger charge is 2.20. The molecule has 7 heteroatoms. The lowest BCUT2D eigenvalue weighted by atomic mass is 10.1. The van der Waals surface area contributed by atoms with Crippen LogP contribution in [0.15, 0.2) is 17.6 Å². The lowest BCUT2D eigenvalue weighted by molar-refractivity contribution is -0.139. The number of aromatic nitrogens is 2. The zero-order valence-electron chi connectivity index (χ0n) is 11.8. The van der Waals surface area contributed by atoms with Crippen molar-refractivity contribution in [3.05, 3.63) is 28.3 Å². The summed E-state index contributed by atoms with van der Waals surface area (Å²) >= 11 is 1.53. The van der Waals surface area contributed by atoms with Gasteiger partial charge in [-0.25, -0.2) is 9.78 Å². The summed E-state index contributed by atoms with van der Waals surface area (Å²) in [5.74, 6) is -1.44. The molecule has 0 unspecified atom stereocenters. The molecule has 2 heterocycles. The standard InChI is InChI=1S/C14H17N3O3S/c1-3-4-10(14(19)20)17-13(18)11-5-9(6-15-11)12-7-21-8(2)16-12/h5-7,10,15H,3-4H2,1-2H3,(H,17,18)(H,19,20)/t10-/m0/s1. The van der Waals surface area contributed by atoms with Crippen LogP contribution in [0, 0.1) is 6.92 Å². The number of carboxylic acid groups (broad SMARTS) is 1. The van der Waals surface area contributed by atoms with Crippen LogP contribution >= 0.6 is 11.3 Å². The van der Waals surface area contributed by atoms with E-state index in [4.69, 9.17) is 5.11 Å². The van der Waals surface area contributed by atoms with Gasteiger partial charge in [-0.2, -0.15) is 0 Å². The van der Waals surface area contributed by atoms with E-state index in [0.29, 0.717) is 18.5 Å². The molecule has 1 amide bonds. The lowest BCUT2D eigenvalue weighted by Crippen LogP contribution is -2.40. The molecule has 3 N–H and O–H groups in total. The quantitative estimate of drug-likeness (QED) is 0.764. The minimum absolute atomic E-state index is 0.331. The number of nitrogens with one attached hydrogen (secondary N) is 2. The maximum Gasteiger partial charge on any atom is 0.326 e. The molecule has 0 aliphatic carbocycles. The maximum absolute atomic E-state index is 12.1. The summed E-state index contributed by atoms with van der Waals surface area (Å²) in [6.07, 6.45) is 2.78. The maximum atomic E-state index is 12.1. The highest BCUT2D eigenvalue weighted by molar-refractivity contribution is 7.09. The van der Waals surface area contributed by atoms with Crippen molar-refractivity contribution in [2.24, 2.45) is 0 Å². The number of amides is 1. The first-order chi connectivity index (χ1) is 10.0. The fourth-order valence-corrected chi connectivity index (χ4v) is 2.57. The van der Waals surface area contributed by atoms with Crippen molar-refractivity contribution in [2.75, 3.05) is 0 Å². The smallest absolute Gasteiger partial charge is 0.326 e. The van der Waals surface area contributed by atoms with E-state index in [2.05, 4.69) is 15.3 Å². The molecule has 0 spiro atoms. The summed E-state index contributed by atoms with van der Waals surface area (Å²) in [6.45, 7) is 3.79. The minimum atomic E-state index is -1.02. The van der Waals surface area contributed by atoms with Gasteiger partial charge in [-0.1, -0.05) is 13.3 Å². The summed E-state index contributed by atoms with van der Waals surface area (Å²) in [5, 5.41) is 14.4. The van der Waals surface area contributed by atoms with Crippen LogP contribution < -0.4 is 5.32 Å². The topological polar surface area (TPSA) is 95.1 Å². The molecular formula is C14H17N3O3S. The van der Waals surface area contributed by atoms with Crippen molar-refractivity contribution in [3.8, 4) is 11.3 Å². The van der Waals surface area contributed by atoms with Crippen molar-refractivity contribution in [1.29, 1.82) is 0 Å². The molecule has 6 nitrogen and oxygen atoms in total. The first-order valence-electron chi connectivity index (χ1n) is 6.65. The van der Waals surface area contributed by atoms with Gasteiger partial charge in [0.25, 0.3) is 5.91 Å². The average molecular weight is 307 g/mol. The summed E-state index contributed by atoms with van der Waals surface area (Å²) in [7, 11) is 0. The molecule has 112 valence electrons. The predicted octanol–water partition coefficient (Wildman–Crippen LogP) is 2.43. The SMILES string of the molecule is CCC[C@H](NC(=O)c1cc(-c2csc(C)n2)c[nH]1)C(=O)O. The van der Waals surface area contributed by atoms with E-state index in [1.54, 1.807) is 12.3 Å². The third kappa shape index (κ3) is 3.69. The number of hydrogen-bond donors (Lipinski definition) is 3. The van der Waals surface area contributed by atoms with Gasteiger partial charge in [0.15, 0.2) is 0 Å². The van der Waals surface area contributed by atoms with Crippen molar-refractivity contribution >= 4 is 23.2 Å². The van der Waals surface area contributed by atoms with Crippen LogP contribution in [0.1, 0.15) is 35.3 Å². The Morgan fingerprint density at radius 2 is 2.29 bits per heavy atom. The molecule has 0 bridgehead atoms. The number of carbonyl (C=O) groups excluding carboxylic acids is 1. The summed E-state index contributed by atoms with van der Waals surface area (Å²) in [4.78, 5) is 30.3. The van der Waals surface area contributed by atoms with Gasteiger partial charge in [0.05, 0.1) is 10.7 Å². The van der Waals surface area contributed by atoms with Crippen molar-refractivity contribution in [2.45, 2.75) is 32.7 Å². The number of hydrogen-bond acceptors (Lipinski definition) is 4. The lowest BCUT2D eigenvalue weighted by Gasteiger charge is -2.12. The second kappa shape index (κ2) is 6.53. The summed E-state index contributed by atoms with van der Waals surface area (Å²) in [5.41, 5.74) is 1.95. The van der Waals surface area contributed by atoms with Gasteiger partial charge in [0.2, 0.25) is 0 Å². The van der Waals surface area contributed by atoms with Crippen molar-refractivity contribution < 1.29 is 14.7 Å². The van der Waals surface area contributed by atoms with Gasteiger partial charge < -0.3 is 15.4 Å². The van der Waals surface area contributed by atoms with Crippen LogP contribution in [0.2, 0.25) is 0 Å². The van der Waals surface area contributed by atoms with Gasteiger partial charge in [0, 0.05) is 17.1 Å². The average Bonchev–Trinajstić information content (AvgIpc) is 3.06. The Morgan fingerprint density at radius 1 is 1.52 bits per heavy atom. The van der Waals surface area contributed by atoms with Crippen LogP contribution in [0.25, 0.3) is 11.3 Å². The van der Waals surface area contributed by atoms with Gasteiger partial charge >= 0.3 is 5.97 Å². The molecule has 2 aromatic heterocycles. The van der Waals surface area contributed by atoms with Crippen LogP contribution in [0.5, 0.6) is 0 Å². The van der Waals surface area contributed by atoms with E-state index in [9.17, 15) is 9.59 Å². The molecule has 0 radical (unpaired) electrons. The van der Waals surface area contributed by atoms with E-state index in [-0.39, 0.29) is 0 Å².